The summed E-state index contributed by atoms with van der Waals surface area (Å²) >= 11 is 0. The summed E-state index contributed by atoms with van der Waals surface area (Å²) in [6, 6.07) is 4.74. The zero-order chi connectivity index (χ0) is 13.2. The van der Waals surface area contributed by atoms with Crippen molar-refractivity contribution in [3.05, 3.63) is 29.6 Å². The summed E-state index contributed by atoms with van der Waals surface area (Å²) in [5.41, 5.74) is 3.09. The first kappa shape index (κ1) is 13.5. The Balaban J connectivity index is 2.00. The summed E-state index contributed by atoms with van der Waals surface area (Å²) in [6.07, 6.45) is 5.61. The highest BCUT2D eigenvalue weighted by Gasteiger charge is 2.24. The van der Waals surface area contributed by atoms with Gasteiger partial charge in [0.25, 0.3) is 0 Å². The SMILES string of the molecule is CC(CNC1CCCc2cccnc21)C(C)(C)C. The van der Waals surface area contributed by atoms with Crippen LogP contribution in [0.15, 0.2) is 18.3 Å². The van der Waals surface area contributed by atoms with Gasteiger partial charge >= 0.3 is 0 Å². The Morgan fingerprint density at radius 1 is 1.44 bits per heavy atom. The standard InChI is InChI=1S/C16H26N2/c1-12(16(2,3)4)11-18-14-9-5-7-13-8-6-10-17-15(13)14/h6,8,10,12,14,18H,5,7,9,11H2,1-4H3. The van der Waals surface area contributed by atoms with Crippen molar-refractivity contribution < 1.29 is 0 Å². The minimum atomic E-state index is 0.370. The van der Waals surface area contributed by atoms with Crippen molar-refractivity contribution in [3.8, 4) is 0 Å². The fourth-order valence-electron chi connectivity index (χ4n) is 2.43. The van der Waals surface area contributed by atoms with E-state index in [1.165, 1.54) is 30.5 Å². The van der Waals surface area contributed by atoms with Gasteiger partial charge in [-0.1, -0.05) is 33.8 Å². The molecule has 0 saturated heterocycles. The topological polar surface area (TPSA) is 24.9 Å². The van der Waals surface area contributed by atoms with Crippen LogP contribution < -0.4 is 5.32 Å². The Bertz CT molecular complexity index is 392. The van der Waals surface area contributed by atoms with E-state index in [1.807, 2.05) is 6.20 Å². The van der Waals surface area contributed by atoms with Crippen molar-refractivity contribution in [2.75, 3.05) is 6.54 Å². The molecule has 2 nitrogen and oxygen atoms in total. The molecule has 100 valence electrons. The Kier molecular flexibility index (Phi) is 4.06. The smallest absolute Gasteiger partial charge is 0.0605 e. The van der Waals surface area contributed by atoms with E-state index in [4.69, 9.17) is 0 Å². The Labute approximate surface area is 111 Å². The van der Waals surface area contributed by atoms with E-state index in [9.17, 15) is 0 Å². The molecule has 2 unspecified atom stereocenters. The third kappa shape index (κ3) is 3.11. The molecule has 1 aromatic heterocycles. The molecule has 18 heavy (non-hydrogen) atoms. The summed E-state index contributed by atoms with van der Waals surface area (Å²) in [6.45, 7) is 10.3. The van der Waals surface area contributed by atoms with Gasteiger partial charge in [0, 0.05) is 12.2 Å². The molecule has 1 N–H and O–H groups in total. The number of hydrogen-bond donors (Lipinski definition) is 1. The third-order valence-electron chi connectivity index (χ3n) is 4.34. The summed E-state index contributed by atoms with van der Waals surface area (Å²) in [5.74, 6) is 0.673. The molecule has 0 fully saturated rings. The lowest BCUT2D eigenvalue weighted by Gasteiger charge is -2.31. The number of pyridine rings is 1. The summed E-state index contributed by atoms with van der Waals surface area (Å²) in [7, 11) is 0. The zero-order valence-corrected chi connectivity index (χ0v) is 12.2. The molecule has 1 aliphatic rings. The van der Waals surface area contributed by atoms with E-state index in [1.54, 1.807) is 0 Å². The van der Waals surface area contributed by atoms with Gasteiger partial charge in [0.2, 0.25) is 0 Å². The Hall–Kier alpha value is -0.890. The summed E-state index contributed by atoms with van der Waals surface area (Å²) in [4.78, 5) is 4.58. The van der Waals surface area contributed by atoms with Gasteiger partial charge in [-0.15, -0.1) is 0 Å². The predicted molar refractivity (Wildman–Crippen MR) is 76.5 cm³/mol. The molecule has 1 aromatic rings. The van der Waals surface area contributed by atoms with Gasteiger partial charge in [-0.25, -0.2) is 0 Å². The van der Waals surface area contributed by atoms with Crippen molar-refractivity contribution in [3.63, 3.8) is 0 Å². The highest BCUT2D eigenvalue weighted by Crippen LogP contribution is 2.29. The van der Waals surface area contributed by atoms with E-state index < -0.39 is 0 Å². The maximum Gasteiger partial charge on any atom is 0.0605 e. The normalized spacial score (nSPS) is 21.4. The van der Waals surface area contributed by atoms with E-state index >= 15 is 0 Å². The minimum Gasteiger partial charge on any atom is -0.308 e. The first-order chi connectivity index (χ1) is 8.48. The second kappa shape index (κ2) is 5.40. The molecular formula is C16H26N2. The molecule has 0 radical (unpaired) electrons. The average Bonchev–Trinajstić information content (AvgIpc) is 2.34. The number of aromatic nitrogens is 1. The van der Waals surface area contributed by atoms with Gasteiger partial charge < -0.3 is 5.32 Å². The molecule has 1 heterocycles. The molecule has 2 atom stereocenters. The highest BCUT2D eigenvalue weighted by atomic mass is 14.9. The monoisotopic (exact) mass is 246 g/mol. The molecule has 2 heteroatoms. The molecule has 0 spiro atoms. The van der Waals surface area contributed by atoms with Crippen molar-refractivity contribution >= 4 is 0 Å². The number of aryl methyl sites for hydroxylation is 1. The first-order valence-electron chi connectivity index (χ1n) is 7.15. The lowest BCUT2D eigenvalue weighted by molar-refractivity contribution is 0.241. The molecule has 0 amide bonds. The van der Waals surface area contributed by atoms with Crippen molar-refractivity contribution in [2.24, 2.45) is 11.3 Å². The number of nitrogens with zero attached hydrogens (tertiary/aromatic N) is 1. The van der Waals surface area contributed by atoms with Crippen LogP contribution in [0.3, 0.4) is 0 Å². The van der Waals surface area contributed by atoms with Crippen LogP contribution in [0.1, 0.15) is 57.8 Å². The van der Waals surface area contributed by atoms with Crippen molar-refractivity contribution in [1.29, 1.82) is 0 Å². The lowest BCUT2D eigenvalue weighted by atomic mass is 9.81. The fourth-order valence-corrected chi connectivity index (χ4v) is 2.43. The Morgan fingerprint density at radius 2 is 2.22 bits per heavy atom. The number of rotatable bonds is 3. The van der Waals surface area contributed by atoms with Gasteiger partial charge in [-0.3, -0.25) is 4.98 Å². The third-order valence-corrected chi connectivity index (χ3v) is 4.34. The first-order valence-corrected chi connectivity index (χ1v) is 7.15. The van der Waals surface area contributed by atoms with E-state index in [0.717, 1.165) is 6.54 Å². The Morgan fingerprint density at radius 3 is 2.94 bits per heavy atom. The van der Waals surface area contributed by atoms with Crippen LogP contribution in [0.25, 0.3) is 0 Å². The maximum atomic E-state index is 4.58. The quantitative estimate of drug-likeness (QED) is 0.879. The molecule has 0 bridgehead atoms. The molecule has 0 aromatic carbocycles. The molecule has 1 aliphatic carbocycles. The molecule has 2 rings (SSSR count). The predicted octanol–water partition coefficient (Wildman–Crippen LogP) is 3.73. The summed E-state index contributed by atoms with van der Waals surface area (Å²) < 4.78 is 0. The molecule has 0 saturated carbocycles. The number of hydrogen-bond acceptors (Lipinski definition) is 2. The second-order valence-corrected chi connectivity index (χ2v) is 6.67. The summed E-state index contributed by atoms with van der Waals surface area (Å²) in [5, 5.41) is 3.72. The van der Waals surface area contributed by atoms with Gasteiger partial charge in [-0.05, 0) is 48.8 Å². The van der Waals surface area contributed by atoms with E-state index in [-0.39, 0.29) is 0 Å². The van der Waals surface area contributed by atoms with Gasteiger partial charge in [0.05, 0.1) is 5.69 Å². The average molecular weight is 246 g/mol. The van der Waals surface area contributed by atoms with Crippen LogP contribution in [0.4, 0.5) is 0 Å². The number of nitrogens with one attached hydrogen (secondary N) is 1. The van der Waals surface area contributed by atoms with Gasteiger partial charge in [0.15, 0.2) is 0 Å². The van der Waals surface area contributed by atoms with Crippen LogP contribution >= 0.6 is 0 Å². The maximum absolute atomic E-state index is 4.58. The molecular weight excluding hydrogens is 220 g/mol. The van der Waals surface area contributed by atoms with Crippen LogP contribution in [-0.4, -0.2) is 11.5 Å². The minimum absolute atomic E-state index is 0.370. The van der Waals surface area contributed by atoms with Crippen LogP contribution in [0.2, 0.25) is 0 Å². The highest BCUT2D eigenvalue weighted by molar-refractivity contribution is 5.25. The van der Waals surface area contributed by atoms with Crippen LogP contribution in [-0.2, 0) is 6.42 Å². The van der Waals surface area contributed by atoms with E-state index in [2.05, 4.69) is 50.1 Å². The van der Waals surface area contributed by atoms with Crippen LogP contribution in [0, 0.1) is 11.3 Å². The van der Waals surface area contributed by atoms with Crippen molar-refractivity contribution in [2.45, 2.75) is 53.0 Å². The van der Waals surface area contributed by atoms with Gasteiger partial charge in [-0.2, -0.15) is 0 Å². The fraction of sp³-hybridized carbons (Fsp3) is 0.688. The lowest BCUT2D eigenvalue weighted by Crippen LogP contribution is -2.34. The largest absolute Gasteiger partial charge is 0.308 e. The number of fused-ring (bicyclic) bond motifs is 1. The van der Waals surface area contributed by atoms with Gasteiger partial charge in [0.1, 0.15) is 0 Å². The molecule has 0 aliphatic heterocycles. The second-order valence-electron chi connectivity index (χ2n) is 6.67. The van der Waals surface area contributed by atoms with E-state index in [0.29, 0.717) is 17.4 Å². The zero-order valence-electron chi connectivity index (χ0n) is 12.2. The van der Waals surface area contributed by atoms with Crippen molar-refractivity contribution in [1.82, 2.24) is 10.3 Å². The van der Waals surface area contributed by atoms with Crippen LogP contribution in [0.5, 0.6) is 0 Å².